The molecule has 1 aliphatic heterocycles. The lowest BCUT2D eigenvalue weighted by Crippen LogP contribution is -2.46. The van der Waals surface area contributed by atoms with E-state index in [1.54, 1.807) is 11.9 Å². The highest BCUT2D eigenvalue weighted by molar-refractivity contribution is 6.20. The molecule has 2 aromatic rings. The van der Waals surface area contributed by atoms with Gasteiger partial charge in [-0.1, -0.05) is 67.8 Å². The Labute approximate surface area is 194 Å². The molecular weight excluding hydrogens is 418 g/mol. The second-order valence-corrected chi connectivity index (χ2v) is 8.07. The van der Waals surface area contributed by atoms with Gasteiger partial charge in [-0.3, -0.25) is 14.4 Å². The van der Waals surface area contributed by atoms with Gasteiger partial charge in [0, 0.05) is 31.0 Å². The minimum absolute atomic E-state index is 0.190. The highest BCUT2D eigenvalue weighted by atomic mass is 16.5. The second-order valence-electron chi connectivity index (χ2n) is 8.07. The lowest BCUT2D eigenvalue weighted by atomic mass is 10.0. The lowest BCUT2D eigenvalue weighted by molar-refractivity contribution is -0.140. The van der Waals surface area contributed by atoms with Gasteiger partial charge in [-0.15, -0.1) is 0 Å². The summed E-state index contributed by atoms with van der Waals surface area (Å²) in [5, 5.41) is 2.82. The Balaban J connectivity index is 1.63. The molecule has 7 heteroatoms. The van der Waals surface area contributed by atoms with E-state index in [2.05, 4.69) is 10.1 Å². The van der Waals surface area contributed by atoms with E-state index < -0.39 is 6.17 Å². The molecule has 0 fully saturated rings. The third-order valence-electron chi connectivity index (χ3n) is 5.70. The van der Waals surface area contributed by atoms with Gasteiger partial charge in [-0.25, -0.2) is 4.99 Å². The number of unbranched alkanes of at least 4 members (excludes halogenated alkanes) is 4. The number of amides is 2. The van der Waals surface area contributed by atoms with Gasteiger partial charge >= 0.3 is 5.97 Å². The molecule has 0 aromatic heterocycles. The molecule has 0 radical (unpaired) electrons. The van der Waals surface area contributed by atoms with Crippen LogP contribution in [0.25, 0.3) is 0 Å². The Morgan fingerprint density at radius 1 is 0.939 bits per heavy atom. The minimum atomic E-state index is -0.981. The standard InChI is InChI=1S/C26H31N3O4/c1-29-21-16-12-11-15-20(21)24(19-13-7-6-8-14-19)28-25(26(29)32)27-22(30)17-9-4-3-5-10-18-23(31)33-2/h6-8,11-16,25H,3-5,9-10,17-18H2,1-2H3,(H,27,30). The van der Waals surface area contributed by atoms with Crippen molar-refractivity contribution in [1.29, 1.82) is 0 Å². The number of benzene rings is 2. The first-order valence-electron chi connectivity index (χ1n) is 11.4. The third kappa shape index (κ3) is 6.51. The average Bonchev–Trinajstić information content (AvgIpc) is 2.94. The van der Waals surface area contributed by atoms with Crippen LogP contribution < -0.4 is 10.2 Å². The maximum atomic E-state index is 13.1. The molecular formula is C26H31N3O4. The normalized spacial score (nSPS) is 15.3. The number of methoxy groups -OCH3 is 1. The highest BCUT2D eigenvalue weighted by Crippen LogP contribution is 2.27. The van der Waals surface area contributed by atoms with E-state index >= 15 is 0 Å². The fourth-order valence-corrected chi connectivity index (χ4v) is 3.85. The molecule has 0 aliphatic carbocycles. The third-order valence-corrected chi connectivity index (χ3v) is 5.70. The molecule has 174 valence electrons. The number of hydrogen-bond donors (Lipinski definition) is 1. The first-order chi connectivity index (χ1) is 16.0. The van der Waals surface area contributed by atoms with Crippen molar-refractivity contribution in [2.45, 2.75) is 51.1 Å². The molecule has 0 saturated heterocycles. The van der Waals surface area contributed by atoms with Gasteiger partial charge in [-0.05, 0) is 18.9 Å². The number of carbonyl (C=O) groups is 3. The number of benzodiazepines with no additional fused rings is 1. The highest BCUT2D eigenvalue weighted by Gasteiger charge is 2.30. The van der Waals surface area contributed by atoms with Crippen molar-refractivity contribution in [3.8, 4) is 0 Å². The molecule has 0 spiro atoms. The first kappa shape index (κ1) is 24.2. The molecule has 2 amide bonds. The molecule has 0 bridgehead atoms. The summed E-state index contributed by atoms with van der Waals surface area (Å²) in [5.41, 5.74) is 3.18. The number of fused-ring (bicyclic) bond motifs is 1. The van der Waals surface area contributed by atoms with E-state index in [4.69, 9.17) is 4.99 Å². The van der Waals surface area contributed by atoms with E-state index in [1.165, 1.54) is 7.11 Å². The van der Waals surface area contributed by atoms with Crippen LogP contribution in [0.15, 0.2) is 59.6 Å². The number of esters is 1. The van der Waals surface area contributed by atoms with Crippen LogP contribution in [0.2, 0.25) is 0 Å². The number of aliphatic imine (C=N–C) groups is 1. The number of nitrogens with zero attached hydrogens (tertiary/aromatic N) is 2. The lowest BCUT2D eigenvalue weighted by Gasteiger charge is -2.20. The van der Waals surface area contributed by atoms with Gasteiger partial charge in [0.2, 0.25) is 12.1 Å². The van der Waals surface area contributed by atoms with Gasteiger partial charge in [0.25, 0.3) is 5.91 Å². The molecule has 0 saturated carbocycles. The summed E-state index contributed by atoms with van der Waals surface area (Å²) in [6.45, 7) is 0. The zero-order valence-electron chi connectivity index (χ0n) is 19.3. The monoisotopic (exact) mass is 449 g/mol. The second kappa shape index (κ2) is 11.9. The van der Waals surface area contributed by atoms with Crippen LogP contribution in [0.1, 0.15) is 56.1 Å². The van der Waals surface area contributed by atoms with E-state index in [0.717, 1.165) is 48.9 Å². The van der Waals surface area contributed by atoms with Crippen LogP contribution in [0.5, 0.6) is 0 Å². The minimum Gasteiger partial charge on any atom is -0.469 e. The van der Waals surface area contributed by atoms with E-state index in [-0.39, 0.29) is 17.8 Å². The molecule has 1 N–H and O–H groups in total. The Kier molecular flexibility index (Phi) is 8.75. The van der Waals surface area contributed by atoms with Crippen molar-refractivity contribution in [1.82, 2.24) is 5.32 Å². The van der Waals surface area contributed by atoms with Crippen LogP contribution in [-0.2, 0) is 19.1 Å². The Bertz CT molecular complexity index is 1000. The molecule has 1 atom stereocenters. The van der Waals surface area contributed by atoms with Crippen molar-refractivity contribution in [2.75, 3.05) is 19.1 Å². The number of carbonyl (C=O) groups excluding carboxylic acids is 3. The predicted octanol–water partition coefficient (Wildman–Crippen LogP) is 3.85. The molecule has 1 aliphatic rings. The number of nitrogens with one attached hydrogen (secondary N) is 1. The summed E-state index contributed by atoms with van der Waals surface area (Å²) >= 11 is 0. The van der Waals surface area contributed by atoms with Crippen molar-refractivity contribution >= 4 is 29.2 Å². The van der Waals surface area contributed by atoms with Crippen LogP contribution in [0, 0.1) is 0 Å². The van der Waals surface area contributed by atoms with E-state index in [1.807, 2.05) is 54.6 Å². The van der Waals surface area contributed by atoms with Crippen LogP contribution >= 0.6 is 0 Å². The fourth-order valence-electron chi connectivity index (χ4n) is 3.85. The molecule has 7 nitrogen and oxygen atoms in total. The summed E-state index contributed by atoms with van der Waals surface area (Å²) in [6.07, 6.45) is 4.04. The summed E-state index contributed by atoms with van der Waals surface area (Å²) < 4.78 is 4.63. The Morgan fingerprint density at radius 3 is 2.30 bits per heavy atom. The van der Waals surface area contributed by atoms with E-state index in [9.17, 15) is 14.4 Å². The topological polar surface area (TPSA) is 88.1 Å². The van der Waals surface area contributed by atoms with Gasteiger partial charge in [0.1, 0.15) is 0 Å². The number of ether oxygens (including phenoxy) is 1. The summed E-state index contributed by atoms with van der Waals surface area (Å²) in [5.74, 6) is -0.659. The van der Waals surface area contributed by atoms with Gasteiger partial charge in [0.05, 0.1) is 18.5 Å². The quantitative estimate of drug-likeness (QED) is 0.441. The number of anilines is 1. The number of likely N-dealkylation sites (N-methyl/N-ethyl adjacent to an activating group) is 1. The molecule has 33 heavy (non-hydrogen) atoms. The van der Waals surface area contributed by atoms with Crippen molar-refractivity contribution in [2.24, 2.45) is 4.99 Å². The summed E-state index contributed by atoms with van der Waals surface area (Å²) in [6, 6.07) is 17.3. The molecule has 1 heterocycles. The maximum absolute atomic E-state index is 13.1. The predicted molar refractivity (Wildman–Crippen MR) is 128 cm³/mol. The zero-order chi connectivity index (χ0) is 23.6. The van der Waals surface area contributed by atoms with Crippen molar-refractivity contribution < 1.29 is 19.1 Å². The number of para-hydroxylation sites is 1. The van der Waals surface area contributed by atoms with Crippen LogP contribution in [0.3, 0.4) is 0 Å². The Hall–Kier alpha value is -3.48. The van der Waals surface area contributed by atoms with Gasteiger partial charge in [0.15, 0.2) is 0 Å². The van der Waals surface area contributed by atoms with Crippen molar-refractivity contribution in [3.63, 3.8) is 0 Å². The zero-order valence-corrected chi connectivity index (χ0v) is 19.3. The van der Waals surface area contributed by atoms with Crippen molar-refractivity contribution in [3.05, 3.63) is 65.7 Å². The Morgan fingerprint density at radius 2 is 1.58 bits per heavy atom. The average molecular weight is 450 g/mol. The van der Waals surface area contributed by atoms with Crippen LogP contribution in [-0.4, -0.2) is 43.8 Å². The van der Waals surface area contributed by atoms with E-state index in [0.29, 0.717) is 18.6 Å². The molecule has 3 rings (SSSR count). The molecule has 2 aromatic carbocycles. The summed E-state index contributed by atoms with van der Waals surface area (Å²) in [4.78, 5) is 43.1. The number of rotatable bonds is 10. The SMILES string of the molecule is COC(=O)CCCCCCCC(=O)NC1N=C(c2ccccc2)c2ccccc2N(C)C1=O. The molecule has 1 unspecified atom stereocenters. The smallest absolute Gasteiger partial charge is 0.305 e. The fraction of sp³-hybridized carbons (Fsp3) is 0.385. The first-order valence-corrected chi connectivity index (χ1v) is 11.4. The van der Waals surface area contributed by atoms with Gasteiger partial charge in [-0.2, -0.15) is 0 Å². The summed E-state index contributed by atoms with van der Waals surface area (Å²) in [7, 11) is 3.10. The van der Waals surface area contributed by atoms with Crippen LogP contribution in [0.4, 0.5) is 5.69 Å². The van der Waals surface area contributed by atoms with Gasteiger partial charge < -0.3 is 15.0 Å². The largest absolute Gasteiger partial charge is 0.469 e. The maximum Gasteiger partial charge on any atom is 0.305 e. The number of hydrogen-bond acceptors (Lipinski definition) is 5.